The van der Waals surface area contributed by atoms with Crippen LogP contribution in [0.4, 0.5) is 5.82 Å². The first-order chi connectivity index (χ1) is 8.47. The van der Waals surface area contributed by atoms with E-state index in [2.05, 4.69) is 43.0 Å². The van der Waals surface area contributed by atoms with Crippen LogP contribution in [0, 0.1) is 0 Å². The highest BCUT2D eigenvalue weighted by Crippen LogP contribution is 2.25. The van der Waals surface area contributed by atoms with Crippen molar-refractivity contribution in [1.29, 1.82) is 0 Å². The Balaban J connectivity index is 2.91. The number of rotatable bonds is 6. The predicted octanol–water partition coefficient (Wildman–Crippen LogP) is 2.68. The molecular formula is C13H23N3OS. The van der Waals surface area contributed by atoms with Crippen molar-refractivity contribution in [3.05, 3.63) is 11.9 Å². The number of anilines is 1. The molecule has 0 saturated carbocycles. The van der Waals surface area contributed by atoms with Crippen LogP contribution < -0.4 is 5.32 Å². The Hall–Kier alpha value is -0.810. The highest BCUT2D eigenvalue weighted by atomic mass is 32.2. The van der Waals surface area contributed by atoms with Crippen LogP contribution in [0.25, 0.3) is 0 Å². The molecule has 5 heteroatoms. The summed E-state index contributed by atoms with van der Waals surface area (Å²) in [6, 6.07) is 1.97. The summed E-state index contributed by atoms with van der Waals surface area (Å²) in [6.07, 6.45) is 0.788. The minimum atomic E-state index is -0.0578. The third-order valence-electron chi connectivity index (χ3n) is 2.28. The van der Waals surface area contributed by atoms with Gasteiger partial charge in [-0.15, -0.1) is 11.8 Å². The number of hydrogen-bond acceptors (Lipinski definition) is 5. The standard InChI is InChI=1S/C13H23N3OS/c1-5-14-10-9-11(18-8-6-7-17)16-12(15-10)13(2,3)4/h9,17H,5-8H2,1-4H3,(H,14,15,16). The minimum Gasteiger partial charge on any atom is -0.396 e. The molecule has 0 aliphatic heterocycles. The van der Waals surface area contributed by atoms with E-state index in [-0.39, 0.29) is 12.0 Å². The molecule has 2 N–H and O–H groups in total. The lowest BCUT2D eigenvalue weighted by atomic mass is 9.96. The lowest BCUT2D eigenvalue weighted by molar-refractivity contribution is 0.296. The first kappa shape index (κ1) is 15.2. The zero-order valence-corrected chi connectivity index (χ0v) is 12.5. The summed E-state index contributed by atoms with van der Waals surface area (Å²) >= 11 is 1.66. The molecule has 18 heavy (non-hydrogen) atoms. The summed E-state index contributed by atoms with van der Waals surface area (Å²) < 4.78 is 0. The van der Waals surface area contributed by atoms with Crippen LogP contribution in [0.5, 0.6) is 0 Å². The Kier molecular flexibility index (Phi) is 5.88. The van der Waals surface area contributed by atoms with E-state index < -0.39 is 0 Å². The summed E-state index contributed by atoms with van der Waals surface area (Å²) in [7, 11) is 0. The molecule has 0 aliphatic carbocycles. The van der Waals surface area contributed by atoms with Gasteiger partial charge >= 0.3 is 0 Å². The van der Waals surface area contributed by atoms with Gasteiger partial charge in [-0.25, -0.2) is 9.97 Å². The van der Waals surface area contributed by atoms with Crippen molar-refractivity contribution >= 4 is 17.6 Å². The van der Waals surface area contributed by atoms with Crippen LogP contribution in [-0.4, -0.2) is 34.0 Å². The molecule has 1 aromatic rings. The zero-order valence-electron chi connectivity index (χ0n) is 11.7. The maximum atomic E-state index is 8.81. The van der Waals surface area contributed by atoms with Crippen molar-refractivity contribution in [2.75, 3.05) is 24.2 Å². The summed E-state index contributed by atoms with van der Waals surface area (Å²) in [6.45, 7) is 9.46. The van der Waals surface area contributed by atoms with E-state index in [1.807, 2.05) is 6.07 Å². The molecule has 0 saturated heterocycles. The van der Waals surface area contributed by atoms with Crippen LogP contribution >= 0.6 is 11.8 Å². The molecule has 0 atom stereocenters. The zero-order chi connectivity index (χ0) is 13.6. The van der Waals surface area contributed by atoms with Gasteiger partial charge < -0.3 is 10.4 Å². The number of aliphatic hydroxyl groups excluding tert-OH is 1. The van der Waals surface area contributed by atoms with Gasteiger partial charge in [0.2, 0.25) is 0 Å². The first-order valence-corrected chi connectivity index (χ1v) is 7.33. The van der Waals surface area contributed by atoms with Crippen LogP contribution in [0.1, 0.15) is 39.9 Å². The van der Waals surface area contributed by atoms with Gasteiger partial charge in [-0.3, -0.25) is 0 Å². The Morgan fingerprint density at radius 2 is 2.06 bits per heavy atom. The van der Waals surface area contributed by atoms with Crippen molar-refractivity contribution in [3.63, 3.8) is 0 Å². The van der Waals surface area contributed by atoms with E-state index in [4.69, 9.17) is 5.11 Å². The quantitative estimate of drug-likeness (QED) is 0.472. The van der Waals surface area contributed by atoms with Gasteiger partial charge in [-0.05, 0) is 13.3 Å². The first-order valence-electron chi connectivity index (χ1n) is 6.34. The van der Waals surface area contributed by atoms with E-state index in [0.717, 1.165) is 35.4 Å². The molecule has 4 nitrogen and oxygen atoms in total. The largest absolute Gasteiger partial charge is 0.396 e. The number of aliphatic hydroxyl groups is 1. The molecular weight excluding hydrogens is 246 g/mol. The molecule has 0 bridgehead atoms. The van der Waals surface area contributed by atoms with Gasteiger partial charge in [0.05, 0.1) is 0 Å². The van der Waals surface area contributed by atoms with E-state index in [1.165, 1.54) is 0 Å². The highest BCUT2D eigenvalue weighted by Gasteiger charge is 2.19. The van der Waals surface area contributed by atoms with Crippen molar-refractivity contribution in [2.45, 2.75) is 44.6 Å². The van der Waals surface area contributed by atoms with Crippen LogP contribution in [0.3, 0.4) is 0 Å². The summed E-state index contributed by atoms with van der Waals surface area (Å²) in [5.74, 6) is 2.61. The van der Waals surface area contributed by atoms with Crippen molar-refractivity contribution in [3.8, 4) is 0 Å². The molecule has 0 unspecified atom stereocenters. The second-order valence-corrected chi connectivity index (χ2v) is 6.24. The summed E-state index contributed by atoms with van der Waals surface area (Å²) in [4.78, 5) is 9.13. The third kappa shape index (κ3) is 4.82. The molecule has 0 aromatic carbocycles. The SMILES string of the molecule is CCNc1cc(SCCCO)nc(C(C)(C)C)n1. The Labute approximate surface area is 114 Å². The fourth-order valence-corrected chi connectivity index (χ4v) is 2.18. The van der Waals surface area contributed by atoms with Crippen molar-refractivity contribution in [1.82, 2.24) is 9.97 Å². The van der Waals surface area contributed by atoms with Gasteiger partial charge in [-0.2, -0.15) is 0 Å². The van der Waals surface area contributed by atoms with E-state index in [9.17, 15) is 0 Å². The van der Waals surface area contributed by atoms with Crippen molar-refractivity contribution in [2.24, 2.45) is 0 Å². The highest BCUT2D eigenvalue weighted by molar-refractivity contribution is 7.99. The third-order valence-corrected chi connectivity index (χ3v) is 3.28. The second-order valence-electron chi connectivity index (χ2n) is 5.12. The maximum absolute atomic E-state index is 8.81. The molecule has 0 aliphatic rings. The molecule has 1 rings (SSSR count). The lowest BCUT2D eigenvalue weighted by Gasteiger charge is -2.18. The molecule has 0 amide bonds. The number of hydrogen-bond donors (Lipinski definition) is 2. The number of aromatic nitrogens is 2. The van der Waals surface area contributed by atoms with Crippen LogP contribution in [-0.2, 0) is 5.41 Å². The van der Waals surface area contributed by atoms with Gasteiger partial charge in [0.15, 0.2) is 0 Å². The molecule has 1 aromatic heterocycles. The van der Waals surface area contributed by atoms with E-state index in [0.29, 0.717) is 0 Å². The minimum absolute atomic E-state index is 0.0578. The van der Waals surface area contributed by atoms with Gasteiger partial charge in [0, 0.05) is 30.4 Å². The maximum Gasteiger partial charge on any atom is 0.137 e. The van der Waals surface area contributed by atoms with Gasteiger partial charge in [-0.1, -0.05) is 20.8 Å². The average molecular weight is 269 g/mol. The molecule has 0 fully saturated rings. The molecule has 102 valence electrons. The molecule has 0 radical (unpaired) electrons. The van der Waals surface area contributed by atoms with Gasteiger partial charge in [0.1, 0.15) is 16.7 Å². The Morgan fingerprint density at radius 3 is 2.61 bits per heavy atom. The normalized spacial score (nSPS) is 11.6. The van der Waals surface area contributed by atoms with Gasteiger partial charge in [0.25, 0.3) is 0 Å². The number of thioether (sulfide) groups is 1. The second kappa shape index (κ2) is 6.95. The summed E-state index contributed by atoms with van der Waals surface area (Å²) in [5, 5.41) is 13.0. The summed E-state index contributed by atoms with van der Waals surface area (Å²) in [5.41, 5.74) is -0.0578. The molecule has 0 spiro atoms. The molecule has 1 heterocycles. The van der Waals surface area contributed by atoms with Crippen LogP contribution in [0.15, 0.2) is 11.1 Å². The monoisotopic (exact) mass is 269 g/mol. The fourth-order valence-electron chi connectivity index (χ4n) is 1.35. The van der Waals surface area contributed by atoms with E-state index in [1.54, 1.807) is 11.8 Å². The van der Waals surface area contributed by atoms with E-state index >= 15 is 0 Å². The number of nitrogens with one attached hydrogen (secondary N) is 1. The average Bonchev–Trinajstić information content (AvgIpc) is 2.28. The van der Waals surface area contributed by atoms with Crippen LogP contribution in [0.2, 0.25) is 0 Å². The lowest BCUT2D eigenvalue weighted by Crippen LogP contribution is -2.17. The number of nitrogens with zero attached hydrogens (tertiary/aromatic N) is 2. The predicted molar refractivity (Wildman–Crippen MR) is 77.3 cm³/mol. The Bertz CT molecular complexity index is 377. The van der Waals surface area contributed by atoms with Crippen molar-refractivity contribution < 1.29 is 5.11 Å². The topological polar surface area (TPSA) is 58.0 Å². The fraction of sp³-hybridized carbons (Fsp3) is 0.692. The smallest absolute Gasteiger partial charge is 0.137 e. The Morgan fingerprint density at radius 1 is 1.33 bits per heavy atom.